The summed E-state index contributed by atoms with van der Waals surface area (Å²) in [5, 5.41) is 11.0. The number of carbonyl (C=O) groups is 1. The van der Waals surface area contributed by atoms with Gasteiger partial charge in [-0.05, 0) is 52.2 Å². The molecular weight excluding hydrogens is 351 g/mol. The van der Waals surface area contributed by atoms with E-state index in [1.807, 2.05) is 23.6 Å². The van der Waals surface area contributed by atoms with E-state index < -0.39 is 5.97 Å². The second kappa shape index (κ2) is 5.50. The zero-order valence-electron chi connectivity index (χ0n) is 8.72. The number of carboxylic acids is 1. The lowest BCUT2D eigenvalue weighted by molar-refractivity contribution is 0.0691. The normalized spacial score (nSPS) is 10.2. The molecular formula is C12H9IO3S. The number of carboxylic acid groups (broad SMARTS) is 1. The molecule has 3 nitrogen and oxygen atoms in total. The number of ether oxygens (including phenoxy) is 1. The summed E-state index contributed by atoms with van der Waals surface area (Å²) in [6.45, 7) is 0.401. The maximum Gasteiger partial charge on any atom is 0.339 e. The minimum atomic E-state index is -0.968. The summed E-state index contributed by atoms with van der Waals surface area (Å²) >= 11 is 3.66. The van der Waals surface area contributed by atoms with Gasteiger partial charge in [-0.25, -0.2) is 4.79 Å². The van der Waals surface area contributed by atoms with Crippen LogP contribution in [0.4, 0.5) is 0 Å². The molecule has 17 heavy (non-hydrogen) atoms. The Hall–Kier alpha value is -1.08. The summed E-state index contributed by atoms with van der Waals surface area (Å²) in [6.07, 6.45) is 0. The molecule has 1 aromatic carbocycles. The van der Waals surface area contributed by atoms with Gasteiger partial charge < -0.3 is 9.84 Å². The van der Waals surface area contributed by atoms with Crippen LogP contribution in [0.25, 0.3) is 0 Å². The highest BCUT2D eigenvalue weighted by molar-refractivity contribution is 14.1. The molecule has 0 fully saturated rings. The van der Waals surface area contributed by atoms with Crippen molar-refractivity contribution in [3.8, 4) is 5.75 Å². The predicted molar refractivity (Wildman–Crippen MR) is 74.8 cm³/mol. The van der Waals surface area contributed by atoms with Crippen molar-refractivity contribution in [2.45, 2.75) is 6.61 Å². The van der Waals surface area contributed by atoms with Crippen molar-refractivity contribution in [2.75, 3.05) is 0 Å². The molecule has 0 aliphatic rings. The van der Waals surface area contributed by atoms with Crippen LogP contribution < -0.4 is 4.74 Å². The SMILES string of the molecule is O=C(O)c1cc(I)ccc1OCc1cccs1. The maximum absolute atomic E-state index is 11.1. The van der Waals surface area contributed by atoms with E-state index in [0.29, 0.717) is 12.4 Å². The predicted octanol–water partition coefficient (Wildman–Crippen LogP) is 3.63. The summed E-state index contributed by atoms with van der Waals surface area (Å²) in [4.78, 5) is 12.1. The molecule has 0 aliphatic carbocycles. The van der Waals surface area contributed by atoms with Crippen LogP contribution >= 0.6 is 33.9 Å². The number of halogens is 1. The molecule has 1 N–H and O–H groups in total. The largest absolute Gasteiger partial charge is 0.487 e. The number of benzene rings is 1. The highest BCUT2D eigenvalue weighted by Crippen LogP contribution is 2.23. The Balaban J connectivity index is 2.17. The Morgan fingerprint density at radius 1 is 1.41 bits per heavy atom. The van der Waals surface area contributed by atoms with Gasteiger partial charge in [0.1, 0.15) is 17.9 Å². The van der Waals surface area contributed by atoms with Gasteiger partial charge in [-0.1, -0.05) is 6.07 Å². The van der Waals surface area contributed by atoms with E-state index >= 15 is 0 Å². The summed E-state index contributed by atoms with van der Waals surface area (Å²) < 4.78 is 6.40. The topological polar surface area (TPSA) is 46.5 Å². The minimum absolute atomic E-state index is 0.202. The van der Waals surface area contributed by atoms with Crippen LogP contribution in [0.2, 0.25) is 0 Å². The first kappa shape index (κ1) is 12.4. The van der Waals surface area contributed by atoms with Gasteiger partial charge in [-0.2, -0.15) is 0 Å². The molecule has 0 amide bonds. The van der Waals surface area contributed by atoms with Crippen molar-refractivity contribution < 1.29 is 14.6 Å². The third-order valence-electron chi connectivity index (χ3n) is 2.12. The van der Waals surface area contributed by atoms with Gasteiger partial charge >= 0.3 is 5.97 Å². The van der Waals surface area contributed by atoms with Gasteiger partial charge in [0.05, 0.1) is 0 Å². The molecule has 0 atom stereocenters. The first-order chi connectivity index (χ1) is 8.16. The lowest BCUT2D eigenvalue weighted by Crippen LogP contribution is -2.03. The molecule has 2 aromatic rings. The standard InChI is InChI=1S/C12H9IO3S/c13-8-3-4-11(10(6-8)12(14)15)16-7-9-2-1-5-17-9/h1-6H,7H2,(H,14,15). The monoisotopic (exact) mass is 360 g/mol. The fourth-order valence-electron chi connectivity index (χ4n) is 1.34. The van der Waals surface area contributed by atoms with Crippen molar-refractivity contribution in [1.82, 2.24) is 0 Å². The van der Waals surface area contributed by atoms with Crippen LogP contribution in [-0.4, -0.2) is 11.1 Å². The fraction of sp³-hybridized carbons (Fsp3) is 0.0833. The van der Waals surface area contributed by atoms with Crippen LogP contribution in [0.5, 0.6) is 5.75 Å². The van der Waals surface area contributed by atoms with E-state index in [-0.39, 0.29) is 5.56 Å². The van der Waals surface area contributed by atoms with Crippen molar-refractivity contribution in [3.05, 3.63) is 49.7 Å². The second-order valence-electron chi connectivity index (χ2n) is 3.31. The highest BCUT2D eigenvalue weighted by atomic mass is 127. The van der Waals surface area contributed by atoms with Crippen molar-refractivity contribution in [2.24, 2.45) is 0 Å². The molecule has 0 radical (unpaired) electrons. The average Bonchev–Trinajstić information content (AvgIpc) is 2.80. The molecule has 0 saturated heterocycles. The van der Waals surface area contributed by atoms with E-state index in [4.69, 9.17) is 9.84 Å². The van der Waals surface area contributed by atoms with Crippen LogP contribution in [0.1, 0.15) is 15.2 Å². The van der Waals surface area contributed by atoms with E-state index in [1.165, 1.54) is 0 Å². The molecule has 1 heterocycles. The van der Waals surface area contributed by atoms with Crippen molar-refractivity contribution >= 4 is 39.9 Å². The number of hydrogen-bond acceptors (Lipinski definition) is 3. The van der Waals surface area contributed by atoms with E-state index in [2.05, 4.69) is 22.6 Å². The van der Waals surface area contributed by atoms with Crippen LogP contribution in [0, 0.1) is 3.57 Å². The van der Waals surface area contributed by atoms with Crippen molar-refractivity contribution in [1.29, 1.82) is 0 Å². The summed E-state index contributed by atoms with van der Waals surface area (Å²) in [5.41, 5.74) is 0.202. The second-order valence-corrected chi connectivity index (χ2v) is 5.59. The van der Waals surface area contributed by atoms with Crippen molar-refractivity contribution in [3.63, 3.8) is 0 Å². The highest BCUT2D eigenvalue weighted by Gasteiger charge is 2.11. The summed E-state index contributed by atoms with van der Waals surface area (Å²) in [5.74, 6) is -0.559. The Labute approximate surface area is 116 Å². The Bertz CT molecular complexity index is 523. The van der Waals surface area contributed by atoms with E-state index in [1.54, 1.807) is 23.5 Å². The van der Waals surface area contributed by atoms with Crippen LogP contribution in [-0.2, 0) is 6.61 Å². The van der Waals surface area contributed by atoms with Gasteiger partial charge in [-0.3, -0.25) is 0 Å². The molecule has 0 saturated carbocycles. The Morgan fingerprint density at radius 2 is 2.24 bits per heavy atom. The van der Waals surface area contributed by atoms with E-state index in [0.717, 1.165) is 8.45 Å². The quantitative estimate of drug-likeness (QED) is 0.847. The molecule has 5 heteroatoms. The molecule has 1 aromatic heterocycles. The molecule has 0 spiro atoms. The third kappa shape index (κ3) is 3.19. The zero-order valence-corrected chi connectivity index (χ0v) is 11.7. The number of hydrogen-bond donors (Lipinski definition) is 1. The number of aromatic carboxylic acids is 1. The smallest absolute Gasteiger partial charge is 0.339 e. The fourth-order valence-corrected chi connectivity index (χ4v) is 2.45. The van der Waals surface area contributed by atoms with E-state index in [9.17, 15) is 4.79 Å². The number of rotatable bonds is 4. The van der Waals surface area contributed by atoms with Gasteiger partial charge in [-0.15, -0.1) is 11.3 Å². The third-order valence-corrected chi connectivity index (χ3v) is 3.64. The molecule has 88 valence electrons. The minimum Gasteiger partial charge on any atom is -0.487 e. The van der Waals surface area contributed by atoms with Gasteiger partial charge in [0.2, 0.25) is 0 Å². The van der Waals surface area contributed by atoms with Gasteiger partial charge in [0.15, 0.2) is 0 Å². The lowest BCUT2D eigenvalue weighted by Gasteiger charge is -2.08. The van der Waals surface area contributed by atoms with Gasteiger partial charge in [0.25, 0.3) is 0 Å². The molecule has 0 unspecified atom stereocenters. The Kier molecular flexibility index (Phi) is 4.01. The maximum atomic E-state index is 11.1. The zero-order chi connectivity index (χ0) is 12.3. The molecule has 2 rings (SSSR count). The lowest BCUT2D eigenvalue weighted by atomic mass is 10.2. The molecule has 0 bridgehead atoms. The van der Waals surface area contributed by atoms with Crippen LogP contribution in [0.3, 0.4) is 0 Å². The van der Waals surface area contributed by atoms with Gasteiger partial charge in [0, 0.05) is 8.45 Å². The summed E-state index contributed by atoms with van der Waals surface area (Å²) in [7, 11) is 0. The first-order valence-corrected chi connectivity index (χ1v) is 6.80. The Morgan fingerprint density at radius 3 is 2.88 bits per heavy atom. The number of thiophene rings is 1. The first-order valence-electron chi connectivity index (χ1n) is 4.85. The molecule has 0 aliphatic heterocycles. The van der Waals surface area contributed by atoms with Crippen LogP contribution in [0.15, 0.2) is 35.7 Å². The average molecular weight is 360 g/mol. The summed E-state index contributed by atoms with van der Waals surface area (Å²) in [6, 6.07) is 9.02.